The molecule has 0 heterocycles. The summed E-state index contributed by atoms with van der Waals surface area (Å²) in [4.78, 5) is 35.3. The minimum absolute atomic E-state index is 0.167. The molecule has 0 aliphatic rings. The van der Waals surface area contributed by atoms with Crippen LogP contribution in [0.15, 0.2) is 147 Å². The number of rotatable bonds is 25. The van der Waals surface area contributed by atoms with Gasteiger partial charge in [-0.15, -0.1) is 0 Å². The lowest BCUT2D eigenvalue weighted by molar-refractivity contribution is -0.139. The molecule has 0 amide bonds. The molecule has 0 atom stereocenters. The number of hydrogen-bond donors (Lipinski definition) is 0. The van der Waals surface area contributed by atoms with E-state index in [1.54, 1.807) is 0 Å². The molecule has 0 radical (unpaired) electrons. The van der Waals surface area contributed by atoms with Gasteiger partial charge < -0.3 is 14.2 Å². The molecule has 0 saturated heterocycles. The van der Waals surface area contributed by atoms with Crippen molar-refractivity contribution in [2.24, 2.45) is 0 Å². The van der Waals surface area contributed by atoms with Crippen LogP contribution in [0.3, 0.4) is 0 Å². The minimum atomic E-state index is -0.452. The van der Waals surface area contributed by atoms with Gasteiger partial charge in [-0.3, -0.25) is 0 Å². The molecule has 7 aromatic rings. The highest BCUT2D eigenvalue weighted by Gasteiger charge is 2.21. The topological polar surface area (TPSA) is 78.9 Å². The van der Waals surface area contributed by atoms with Gasteiger partial charge in [0.1, 0.15) is 13.2 Å². The maximum atomic E-state index is 11.9. The Bertz CT molecular complexity index is 2690. The van der Waals surface area contributed by atoms with Gasteiger partial charge in [0.15, 0.2) is 0 Å². The van der Waals surface area contributed by atoms with Crippen LogP contribution >= 0.6 is 0 Å². The Kier molecular flexibility index (Phi) is 16.7. The summed E-state index contributed by atoms with van der Waals surface area (Å²) in [5.41, 5.74) is 11.1. The summed E-state index contributed by atoms with van der Waals surface area (Å²) < 4.78 is 15.9. The molecule has 338 valence electrons. The van der Waals surface area contributed by atoms with Gasteiger partial charge in [-0.1, -0.05) is 182 Å². The first-order valence-electron chi connectivity index (χ1n) is 23.7. The number of esters is 3. The lowest BCUT2D eigenvalue weighted by atomic mass is 9.82. The van der Waals surface area contributed by atoms with Gasteiger partial charge in [0.05, 0.1) is 6.61 Å². The van der Waals surface area contributed by atoms with Gasteiger partial charge in [0.2, 0.25) is 0 Å². The summed E-state index contributed by atoms with van der Waals surface area (Å²) in [6.45, 7) is 13.5. The number of hydrogen-bond acceptors (Lipinski definition) is 6. The van der Waals surface area contributed by atoms with Crippen molar-refractivity contribution in [2.75, 3.05) is 6.61 Å². The predicted octanol–water partition coefficient (Wildman–Crippen LogP) is 15.2. The molecule has 0 spiro atoms. The van der Waals surface area contributed by atoms with Gasteiger partial charge >= 0.3 is 17.9 Å². The van der Waals surface area contributed by atoms with Gasteiger partial charge in [0.25, 0.3) is 0 Å². The predicted molar refractivity (Wildman–Crippen MR) is 271 cm³/mol. The normalized spacial score (nSPS) is 11.2. The molecule has 0 aliphatic heterocycles. The molecule has 66 heavy (non-hydrogen) atoms. The van der Waals surface area contributed by atoms with Gasteiger partial charge in [-0.25, -0.2) is 14.4 Å². The van der Waals surface area contributed by atoms with E-state index >= 15 is 0 Å². The van der Waals surface area contributed by atoms with Crippen LogP contribution in [0.2, 0.25) is 0 Å². The molecule has 0 unspecified atom stereocenters. The molecule has 7 rings (SSSR count). The van der Waals surface area contributed by atoms with E-state index < -0.39 is 17.9 Å². The van der Waals surface area contributed by atoms with E-state index in [2.05, 4.69) is 112 Å². The Balaban J connectivity index is 1.32. The van der Waals surface area contributed by atoms with Crippen LogP contribution in [0.5, 0.6) is 0 Å². The van der Waals surface area contributed by atoms with E-state index in [4.69, 9.17) is 14.2 Å². The van der Waals surface area contributed by atoms with Crippen molar-refractivity contribution in [1.29, 1.82) is 0 Å². The van der Waals surface area contributed by atoms with Crippen LogP contribution in [0.25, 0.3) is 65.7 Å². The fourth-order valence-corrected chi connectivity index (χ4v) is 9.14. The summed E-state index contributed by atoms with van der Waals surface area (Å²) in [5, 5.41) is 7.32. The van der Waals surface area contributed by atoms with E-state index in [1.165, 1.54) is 131 Å². The SMILES string of the molecule is C=CC(=O)OCCCc1ccc(-c2cc(CCCCCCCCCCCC)c3ccc4c(-c5ccc(COC(=O)C=C)cc5)cc(-c5ccc(COC(=O)C=C)cc5)c5ccc2c3c45)cc1. The average molecular weight is 879 g/mol. The lowest BCUT2D eigenvalue weighted by Gasteiger charge is -2.21. The van der Waals surface area contributed by atoms with Gasteiger partial charge in [-0.05, 0) is 126 Å². The molecule has 0 aromatic heterocycles. The first-order valence-corrected chi connectivity index (χ1v) is 23.7. The second kappa shape index (κ2) is 23.4. The summed E-state index contributed by atoms with van der Waals surface area (Å²) in [6, 6.07) is 39.3. The Morgan fingerprint density at radius 3 is 1.29 bits per heavy atom. The molecule has 7 aromatic carbocycles. The first-order chi connectivity index (χ1) is 32.3. The highest BCUT2D eigenvalue weighted by atomic mass is 16.5. The van der Waals surface area contributed by atoms with Crippen LogP contribution in [0.1, 0.15) is 99.8 Å². The quantitative estimate of drug-likeness (QED) is 0.0187. The molecule has 0 saturated carbocycles. The van der Waals surface area contributed by atoms with Crippen molar-refractivity contribution in [1.82, 2.24) is 0 Å². The zero-order valence-corrected chi connectivity index (χ0v) is 38.5. The zero-order valence-electron chi connectivity index (χ0n) is 38.5. The molecule has 0 fully saturated rings. The van der Waals surface area contributed by atoms with Crippen LogP contribution in [-0.4, -0.2) is 24.5 Å². The summed E-state index contributed by atoms with van der Waals surface area (Å²) in [6.07, 6.45) is 19.0. The smallest absolute Gasteiger partial charge is 0.330 e. The Labute approximate surface area is 390 Å². The maximum absolute atomic E-state index is 11.9. The van der Waals surface area contributed by atoms with Crippen LogP contribution in [-0.2, 0) is 54.6 Å². The Morgan fingerprint density at radius 1 is 0.424 bits per heavy atom. The lowest BCUT2D eigenvalue weighted by Crippen LogP contribution is -2.02. The van der Waals surface area contributed by atoms with Crippen LogP contribution in [0, 0.1) is 0 Å². The highest BCUT2D eigenvalue weighted by molar-refractivity contribution is 6.30. The Hall–Kier alpha value is -6.79. The highest BCUT2D eigenvalue weighted by Crippen LogP contribution is 2.47. The second-order valence-corrected chi connectivity index (χ2v) is 17.2. The van der Waals surface area contributed by atoms with E-state index in [-0.39, 0.29) is 13.2 Å². The van der Waals surface area contributed by atoms with Crippen molar-refractivity contribution in [3.8, 4) is 33.4 Å². The monoisotopic (exact) mass is 878 g/mol. The molecule has 0 bridgehead atoms. The van der Waals surface area contributed by atoms with E-state index in [1.807, 2.05) is 24.3 Å². The van der Waals surface area contributed by atoms with Crippen molar-refractivity contribution in [3.05, 3.63) is 169 Å². The second-order valence-electron chi connectivity index (χ2n) is 17.2. The number of carbonyl (C=O) groups excluding carboxylic acids is 3. The van der Waals surface area contributed by atoms with Crippen molar-refractivity contribution >= 4 is 50.2 Å². The molecule has 0 N–H and O–H groups in total. The third kappa shape index (κ3) is 11.7. The number of aryl methyl sites for hydroxylation is 2. The maximum Gasteiger partial charge on any atom is 0.330 e. The number of unbranched alkanes of at least 4 members (excludes halogenated alkanes) is 9. The summed E-state index contributed by atoms with van der Waals surface area (Å²) >= 11 is 0. The van der Waals surface area contributed by atoms with Gasteiger partial charge in [0, 0.05) is 18.2 Å². The first kappa shape index (κ1) is 47.2. The van der Waals surface area contributed by atoms with E-state index in [9.17, 15) is 14.4 Å². The average Bonchev–Trinajstić information content (AvgIpc) is 3.36. The van der Waals surface area contributed by atoms with Gasteiger partial charge in [-0.2, -0.15) is 0 Å². The van der Waals surface area contributed by atoms with Crippen molar-refractivity contribution in [2.45, 2.75) is 104 Å². The molecule has 6 nitrogen and oxygen atoms in total. The molecular weight excluding hydrogens is 817 g/mol. The van der Waals surface area contributed by atoms with E-state index in [0.717, 1.165) is 59.1 Å². The Morgan fingerprint density at radius 2 is 0.818 bits per heavy atom. The molecular formula is C60H62O6. The summed E-state index contributed by atoms with van der Waals surface area (Å²) in [5.74, 6) is -1.30. The number of carbonyl (C=O) groups is 3. The largest absolute Gasteiger partial charge is 0.463 e. The van der Waals surface area contributed by atoms with Crippen LogP contribution in [0.4, 0.5) is 0 Å². The van der Waals surface area contributed by atoms with Crippen LogP contribution < -0.4 is 0 Å². The third-order valence-corrected chi connectivity index (χ3v) is 12.7. The number of benzene rings is 7. The van der Waals surface area contributed by atoms with Crippen molar-refractivity contribution in [3.63, 3.8) is 0 Å². The molecule has 0 aliphatic carbocycles. The van der Waals surface area contributed by atoms with Crippen molar-refractivity contribution < 1.29 is 28.6 Å². The fraction of sp³-hybridized carbons (Fsp3) is 0.283. The zero-order chi connectivity index (χ0) is 46.3. The summed E-state index contributed by atoms with van der Waals surface area (Å²) in [7, 11) is 0. The number of ether oxygens (including phenoxy) is 3. The van der Waals surface area contributed by atoms with E-state index in [0.29, 0.717) is 6.61 Å². The molecule has 6 heteroatoms. The fourth-order valence-electron chi connectivity index (χ4n) is 9.14. The third-order valence-electron chi connectivity index (χ3n) is 12.7. The minimum Gasteiger partial charge on any atom is -0.463 e. The standard InChI is InChI=1S/C60H62O6/c1-5-9-10-11-12-13-14-15-16-17-20-48-38-53(45-27-21-42(22-28-45)19-18-37-64-56(61)6-2)50-35-36-52-55(47-31-25-44(26-32-47)41-66-58(63)8-4)39-54(51-34-33-49(48)59(50)60(51)52)46-29-23-43(24-30-46)40-65-57(62)7-3/h6-8,21-36,38-39H,2-5,9-20,37,40-41H2,1H3.